The van der Waals surface area contributed by atoms with Crippen LogP contribution in [-0.4, -0.2) is 51.0 Å². The van der Waals surface area contributed by atoms with Gasteiger partial charge in [-0.05, 0) is 173 Å². The summed E-state index contributed by atoms with van der Waals surface area (Å²) >= 11 is 0. The van der Waals surface area contributed by atoms with Gasteiger partial charge in [-0.1, -0.05) is 36.4 Å². The van der Waals surface area contributed by atoms with Gasteiger partial charge in [0.05, 0.1) is 20.5 Å². The molecular formula is C41H65N3O5S2. The molecule has 0 bridgehead atoms. The van der Waals surface area contributed by atoms with Crippen molar-refractivity contribution in [3.8, 4) is 17.2 Å². The predicted octanol–water partition coefficient (Wildman–Crippen LogP) is 8.61. The van der Waals surface area contributed by atoms with Crippen LogP contribution in [0.4, 0.5) is 0 Å². The zero-order chi connectivity index (χ0) is 39.1. The van der Waals surface area contributed by atoms with Gasteiger partial charge in [0.2, 0.25) is 0 Å². The molecule has 0 aliphatic carbocycles. The molecule has 0 amide bonds. The van der Waals surface area contributed by atoms with Crippen LogP contribution in [0.5, 0.6) is 17.2 Å². The highest BCUT2D eigenvalue weighted by Crippen LogP contribution is 2.21. The smallest absolute Gasteiger partial charge is 0.144 e. The average Bonchev–Trinajstić information content (AvgIpc) is 3.02. The van der Waals surface area contributed by atoms with E-state index in [0.717, 1.165) is 66.5 Å². The van der Waals surface area contributed by atoms with Crippen LogP contribution >= 0.6 is 0 Å². The number of benzene rings is 3. The third-order valence-corrected chi connectivity index (χ3v) is 11.2. The van der Waals surface area contributed by atoms with Gasteiger partial charge in [-0.2, -0.15) is 4.40 Å². The van der Waals surface area contributed by atoms with Crippen LogP contribution in [0.3, 0.4) is 0 Å². The van der Waals surface area contributed by atoms with Crippen LogP contribution in [0.15, 0.2) is 59.0 Å². The van der Waals surface area contributed by atoms with Gasteiger partial charge in [-0.25, -0.2) is 13.1 Å². The van der Waals surface area contributed by atoms with E-state index in [4.69, 9.17) is 5.73 Å². The molecule has 10 heteroatoms. The van der Waals surface area contributed by atoms with E-state index < -0.39 is 22.0 Å². The topological polar surface area (TPSA) is 145 Å². The predicted molar refractivity (Wildman–Crippen MR) is 219 cm³/mol. The third-order valence-electron chi connectivity index (χ3n) is 7.94. The van der Waals surface area contributed by atoms with E-state index in [9.17, 15) is 23.7 Å². The fourth-order valence-corrected chi connectivity index (χ4v) is 5.95. The summed E-state index contributed by atoms with van der Waals surface area (Å²) in [7, 11) is -2.21. The molecule has 51 heavy (non-hydrogen) atoms. The molecule has 3 aromatic rings. The Bertz CT molecular complexity index is 1610. The molecule has 286 valence electrons. The number of rotatable bonds is 12. The Balaban J connectivity index is 0.000000390. The summed E-state index contributed by atoms with van der Waals surface area (Å²) in [6.45, 7) is 23.3. The molecule has 4 atom stereocenters. The number of nitrogens with zero attached hydrogens (tertiary/aromatic N) is 1. The molecule has 0 aliphatic rings. The summed E-state index contributed by atoms with van der Waals surface area (Å²) in [5.41, 5.74) is 12.9. The van der Waals surface area contributed by atoms with E-state index >= 15 is 0 Å². The minimum atomic E-state index is -1.19. The quantitative estimate of drug-likeness (QED) is 0.118. The van der Waals surface area contributed by atoms with Crippen molar-refractivity contribution in [2.45, 2.75) is 143 Å². The number of hydrogen-bond donors (Lipinski definition) is 5. The maximum atomic E-state index is 12.0. The Labute approximate surface area is 313 Å². The Kier molecular flexibility index (Phi) is 19.4. The molecule has 0 saturated carbocycles. The maximum Gasteiger partial charge on any atom is 0.144 e. The van der Waals surface area contributed by atoms with Crippen molar-refractivity contribution in [1.29, 1.82) is 0 Å². The number of phenolic OH excluding ortho intramolecular Hbond substituents is 3. The van der Waals surface area contributed by atoms with Gasteiger partial charge < -0.3 is 21.1 Å². The highest BCUT2D eigenvalue weighted by atomic mass is 32.2. The summed E-state index contributed by atoms with van der Waals surface area (Å²) in [4.78, 5) is 0. The largest absolute Gasteiger partial charge is 0.508 e. The molecule has 0 aliphatic heterocycles. The van der Waals surface area contributed by atoms with Crippen molar-refractivity contribution in [3.05, 3.63) is 88.0 Å². The third kappa shape index (κ3) is 18.8. The molecule has 3 rings (SSSR count). The van der Waals surface area contributed by atoms with Gasteiger partial charge in [0, 0.05) is 17.8 Å². The molecule has 0 fully saturated rings. The van der Waals surface area contributed by atoms with E-state index in [1.165, 1.54) is 11.1 Å². The van der Waals surface area contributed by atoms with Gasteiger partial charge in [-0.15, -0.1) is 0 Å². The van der Waals surface area contributed by atoms with Crippen molar-refractivity contribution >= 4 is 27.7 Å². The van der Waals surface area contributed by atoms with Gasteiger partial charge in [0.25, 0.3) is 0 Å². The molecule has 0 heterocycles. The van der Waals surface area contributed by atoms with Crippen molar-refractivity contribution in [2.75, 3.05) is 0 Å². The molecule has 0 spiro atoms. The second-order valence-electron chi connectivity index (χ2n) is 15.5. The zero-order valence-corrected chi connectivity index (χ0v) is 34.7. The Morgan fingerprint density at radius 1 is 0.706 bits per heavy atom. The van der Waals surface area contributed by atoms with Gasteiger partial charge in [-0.3, -0.25) is 0 Å². The van der Waals surface area contributed by atoms with Gasteiger partial charge in [0.1, 0.15) is 28.2 Å². The van der Waals surface area contributed by atoms with E-state index in [1.54, 1.807) is 18.2 Å². The number of nitrogens with two attached hydrogens (primary N) is 1. The van der Waals surface area contributed by atoms with Crippen LogP contribution in [0, 0.1) is 20.8 Å². The fourth-order valence-electron chi connectivity index (χ4n) is 4.46. The molecule has 0 unspecified atom stereocenters. The molecule has 0 saturated heterocycles. The first kappa shape index (κ1) is 46.0. The van der Waals surface area contributed by atoms with Gasteiger partial charge >= 0.3 is 0 Å². The van der Waals surface area contributed by atoms with Crippen LogP contribution in [0.2, 0.25) is 0 Å². The summed E-state index contributed by atoms with van der Waals surface area (Å²) in [6, 6.07) is 17.4. The number of aromatic hydroxyl groups is 3. The summed E-state index contributed by atoms with van der Waals surface area (Å²) in [5.74, 6) is 1.02. The molecule has 0 aromatic heterocycles. The second kappa shape index (κ2) is 21.5. The Hall–Kier alpha value is -3.05. The molecule has 0 radical (unpaired) electrons. The van der Waals surface area contributed by atoms with E-state index in [1.807, 2.05) is 113 Å². The molecular weight excluding hydrogens is 679 g/mol. The maximum absolute atomic E-state index is 12.0. The summed E-state index contributed by atoms with van der Waals surface area (Å²) in [6.07, 6.45) is 5.44. The lowest BCUT2D eigenvalue weighted by Gasteiger charge is -2.22. The van der Waals surface area contributed by atoms with Crippen LogP contribution < -0.4 is 10.5 Å². The van der Waals surface area contributed by atoms with Crippen LogP contribution in [-0.2, 0) is 41.2 Å². The lowest BCUT2D eigenvalue weighted by Crippen LogP contribution is -2.38. The number of hydrogen-bond acceptors (Lipinski definition) is 6. The van der Waals surface area contributed by atoms with Gasteiger partial charge in [0.15, 0.2) is 0 Å². The highest BCUT2D eigenvalue weighted by molar-refractivity contribution is 7.85. The zero-order valence-electron chi connectivity index (χ0n) is 33.1. The van der Waals surface area contributed by atoms with Crippen LogP contribution in [0.25, 0.3) is 0 Å². The lowest BCUT2D eigenvalue weighted by atomic mass is 10.0. The molecule has 3 aromatic carbocycles. The second-order valence-corrected chi connectivity index (χ2v) is 19.4. The first-order valence-corrected chi connectivity index (χ1v) is 20.0. The minimum absolute atomic E-state index is 0.203. The average molecular weight is 744 g/mol. The Morgan fingerprint density at radius 3 is 1.45 bits per heavy atom. The minimum Gasteiger partial charge on any atom is -0.508 e. The SMILES string of the molecule is CC(CCc1ccc(O)c(C)c1)=N[S@](=O)C(C)(C)C.Cc1cc(CC[C@@H](C)N)ccc1O.Cc1cc(CC[C@@H](C)N[S@](=O)C(C)(C)C)ccc1O. The highest BCUT2D eigenvalue weighted by Gasteiger charge is 2.21. The Morgan fingerprint density at radius 2 is 1.10 bits per heavy atom. The molecule has 8 nitrogen and oxygen atoms in total. The fraction of sp³-hybridized carbons (Fsp3) is 0.537. The molecule has 6 N–H and O–H groups in total. The van der Waals surface area contributed by atoms with Crippen LogP contribution in [0.1, 0.15) is 115 Å². The number of nitrogens with one attached hydrogen (secondary N) is 1. The first-order valence-electron chi connectivity index (χ1n) is 17.7. The van der Waals surface area contributed by atoms with Crippen molar-refractivity contribution in [1.82, 2.24) is 4.72 Å². The van der Waals surface area contributed by atoms with E-state index in [-0.39, 0.29) is 21.6 Å². The lowest BCUT2D eigenvalue weighted by molar-refractivity contribution is 0.470. The summed E-state index contributed by atoms with van der Waals surface area (Å²) in [5, 5.41) is 28.2. The number of phenols is 3. The first-order chi connectivity index (χ1) is 23.5. The van der Waals surface area contributed by atoms with Crippen molar-refractivity contribution in [3.63, 3.8) is 0 Å². The van der Waals surface area contributed by atoms with Crippen molar-refractivity contribution < 1.29 is 23.7 Å². The monoisotopic (exact) mass is 743 g/mol. The summed E-state index contributed by atoms with van der Waals surface area (Å²) < 4.78 is 30.7. The standard InChI is InChI=1S/C15H25NO2S.C15H23NO2S.C11H17NO/c2*1-11-10-13(8-9-14(11)17)7-6-12(2)16-19(18)15(3,4)5;1-8-7-10(4-3-9(2)12)5-6-11(8)13/h8-10,12,16-17H,6-7H2,1-5H3;8-10,17H,6-7H2,1-5H3;5-7,9,13H,3-4,12H2,1-2H3/t12-,19-;19-;9-/m111/s1. The van der Waals surface area contributed by atoms with E-state index in [0.29, 0.717) is 17.2 Å². The normalized spacial score (nSPS) is 14.3. The van der Waals surface area contributed by atoms with E-state index in [2.05, 4.69) is 16.0 Å². The number of aryl methyl sites for hydroxylation is 6. The van der Waals surface area contributed by atoms with Crippen molar-refractivity contribution in [2.24, 2.45) is 10.1 Å².